The minimum atomic E-state index is -0.400. The summed E-state index contributed by atoms with van der Waals surface area (Å²) in [4.78, 5) is 30.4. The molecule has 4 rings (SSSR count). The Bertz CT molecular complexity index is 987. The Kier molecular flexibility index (Phi) is 7.50. The van der Waals surface area contributed by atoms with E-state index in [0.717, 1.165) is 37.2 Å². The van der Waals surface area contributed by atoms with Crippen molar-refractivity contribution >= 4 is 11.8 Å². The number of likely N-dealkylation sites (tertiary alicyclic amines) is 1. The van der Waals surface area contributed by atoms with E-state index in [1.165, 1.54) is 12.8 Å². The number of ether oxygens (including phenoxy) is 2. The van der Waals surface area contributed by atoms with Gasteiger partial charge in [-0.1, -0.05) is 24.3 Å². The summed E-state index contributed by atoms with van der Waals surface area (Å²) in [6, 6.07) is 12.8. The van der Waals surface area contributed by atoms with Crippen LogP contribution in [0.5, 0.6) is 11.5 Å². The van der Waals surface area contributed by atoms with E-state index in [-0.39, 0.29) is 18.2 Å². The number of benzene rings is 2. The van der Waals surface area contributed by atoms with Gasteiger partial charge in [-0.25, -0.2) is 0 Å². The van der Waals surface area contributed by atoms with Crippen LogP contribution in [0.3, 0.4) is 0 Å². The van der Waals surface area contributed by atoms with E-state index in [1.807, 2.05) is 42.5 Å². The van der Waals surface area contributed by atoms with Gasteiger partial charge in [-0.05, 0) is 68.2 Å². The topological polar surface area (TPSA) is 71.1 Å². The number of carbonyl (C=O) groups excluding carboxylic acids is 2. The summed E-state index contributed by atoms with van der Waals surface area (Å²) in [7, 11) is 3.17. The Morgan fingerprint density at radius 2 is 1.82 bits per heavy atom. The second-order valence-electron chi connectivity index (χ2n) is 8.68. The third-order valence-electron chi connectivity index (χ3n) is 6.57. The molecular weight excluding hydrogens is 418 g/mol. The molecule has 0 aromatic heterocycles. The van der Waals surface area contributed by atoms with Crippen molar-refractivity contribution in [1.82, 2.24) is 15.1 Å². The Hall–Kier alpha value is -3.06. The third kappa shape index (κ3) is 5.30. The van der Waals surface area contributed by atoms with Gasteiger partial charge >= 0.3 is 0 Å². The number of fused-ring (bicyclic) bond motifs is 1. The van der Waals surface area contributed by atoms with Crippen molar-refractivity contribution in [2.75, 3.05) is 40.4 Å². The zero-order chi connectivity index (χ0) is 23.2. The van der Waals surface area contributed by atoms with Crippen molar-refractivity contribution in [2.24, 2.45) is 0 Å². The highest BCUT2D eigenvalue weighted by atomic mass is 16.5. The first-order chi connectivity index (χ1) is 16.1. The fraction of sp³-hybridized carbons (Fsp3) is 0.462. The van der Waals surface area contributed by atoms with E-state index in [4.69, 9.17) is 9.47 Å². The van der Waals surface area contributed by atoms with Gasteiger partial charge in [-0.2, -0.15) is 0 Å². The van der Waals surface area contributed by atoms with Crippen LogP contribution in [-0.2, 0) is 11.3 Å². The van der Waals surface area contributed by atoms with Crippen LogP contribution in [0.4, 0.5) is 0 Å². The predicted molar refractivity (Wildman–Crippen MR) is 127 cm³/mol. The number of rotatable bonds is 10. The fourth-order valence-corrected chi connectivity index (χ4v) is 4.78. The van der Waals surface area contributed by atoms with Gasteiger partial charge in [0.25, 0.3) is 5.91 Å². The van der Waals surface area contributed by atoms with Gasteiger partial charge in [0.15, 0.2) is 11.5 Å². The molecule has 1 saturated heterocycles. The highest BCUT2D eigenvalue weighted by molar-refractivity contribution is 5.98. The van der Waals surface area contributed by atoms with Crippen LogP contribution in [0.25, 0.3) is 0 Å². The minimum absolute atomic E-state index is 0.0489. The van der Waals surface area contributed by atoms with Crippen molar-refractivity contribution in [3.8, 4) is 11.5 Å². The third-order valence-corrected chi connectivity index (χ3v) is 6.57. The summed E-state index contributed by atoms with van der Waals surface area (Å²) in [5.41, 5.74) is 2.54. The van der Waals surface area contributed by atoms with Crippen LogP contribution in [0.2, 0.25) is 0 Å². The van der Waals surface area contributed by atoms with Crippen LogP contribution in [0, 0.1) is 0 Å². The fourth-order valence-electron chi connectivity index (χ4n) is 4.78. The van der Waals surface area contributed by atoms with Crippen LogP contribution in [0.1, 0.15) is 53.2 Å². The predicted octanol–water partition coefficient (Wildman–Crippen LogP) is 3.39. The molecule has 0 radical (unpaired) electrons. The highest BCUT2D eigenvalue weighted by Gasteiger charge is 2.34. The molecule has 1 atom stereocenters. The summed E-state index contributed by atoms with van der Waals surface area (Å²) in [5.74, 6) is 1.09. The van der Waals surface area contributed by atoms with Crippen molar-refractivity contribution in [3.63, 3.8) is 0 Å². The maximum absolute atomic E-state index is 13.2. The van der Waals surface area contributed by atoms with E-state index in [1.54, 1.807) is 19.1 Å². The summed E-state index contributed by atoms with van der Waals surface area (Å²) in [6.45, 7) is 4.46. The van der Waals surface area contributed by atoms with Crippen molar-refractivity contribution in [3.05, 3.63) is 59.2 Å². The quantitative estimate of drug-likeness (QED) is 0.561. The smallest absolute Gasteiger partial charge is 0.255 e. The summed E-state index contributed by atoms with van der Waals surface area (Å²) < 4.78 is 10.8. The molecule has 7 nitrogen and oxygen atoms in total. The Balaban J connectivity index is 1.48. The van der Waals surface area contributed by atoms with Gasteiger partial charge in [0.2, 0.25) is 5.91 Å². The van der Waals surface area contributed by atoms with Gasteiger partial charge < -0.3 is 24.6 Å². The molecule has 2 heterocycles. The second kappa shape index (κ2) is 10.7. The number of hydrogen-bond donors (Lipinski definition) is 1. The lowest BCUT2D eigenvalue weighted by atomic mass is 10.0. The number of carbonyl (C=O) groups is 2. The summed E-state index contributed by atoms with van der Waals surface area (Å²) in [5, 5.41) is 3.06. The maximum Gasteiger partial charge on any atom is 0.255 e. The molecule has 2 aliphatic heterocycles. The highest BCUT2D eigenvalue weighted by Crippen LogP contribution is 2.37. The van der Waals surface area contributed by atoms with Crippen LogP contribution >= 0.6 is 0 Å². The number of methoxy groups -OCH3 is 2. The van der Waals surface area contributed by atoms with Crippen LogP contribution in [0.15, 0.2) is 42.5 Å². The minimum Gasteiger partial charge on any atom is -0.493 e. The molecule has 7 heteroatoms. The molecule has 0 spiro atoms. The molecule has 1 N–H and O–H groups in total. The molecule has 2 aromatic rings. The van der Waals surface area contributed by atoms with Crippen molar-refractivity contribution in [2.45, 2.75) is 38.3 Å². The molecule has 0 aliphatic carbocycles. The molecule has 2 aromatic carbocycles. The van der Waals surface area contributed by atoms with Crippen molar-refractivity contribution in [1.29, 1.82) is 0 Å². The molecule has 1 unspecified atom stereocenters. The van der Waals surface area contributed by atoms with E-state index in [9.17, 15) is 9.59 Å². The molecule has 33 heavy (non-hydrogen) atoms. The number of nitrogens with one attached hydrogen (secondary N) is 1. The monoisotopic (exact) mass is 451 g/mol. The van der Waals surface area contributed by atoms with E-state index in [0.29, 0.717) is 30.2 Å². The van der Waals surface area contributed by atoms with Gasteiger partial charge in [0.05, 0.1) is 26.7 Å². The number of nitrogens with zero attached hydrogens (tertiary/aromatic N) is 2. The SMILES string of the molecule is COc1ccc(C(CC(=O)NCCCN2CCCC2)N2Cc3ccccc3C2=O)cc1OC. The lowest BCUT2D eigenvalue weighted by molar-refractivity contribution is -0.122. The largest absolute Gasteiger partial charge is 0.493 e. The van der Waals surface area contributed by atoms with E-state index < -0.39 is 6.04 Å². The maximum atomic E-state index is 13.2. The number of hydrogen-bond acceptors (Lipinski definition) is 5. The van der Waals surface area contributed by atoms with Gasteiger partial charge in [0, 0.05) is 18.7 Å². The van der Waals surface area contributed by atoms with Gasteiger partial charge in [-0.3, -0.25) is 9.59 Å². The zero-order valence-corrected chi connectivity index (χ0v) is 19.5. The molecule has 0 bridgehead atoms. The molecule has 2 aliphatic rings. The van der Waals surface area contributed by atoms with Crippen LogP contribution < -0.4 is 14.8 Å². The van der Waals surface area contributed by atoms with E-state index in [2.05, 4.69) is 10.2 Å². The standard InChI is InChI=1S/C26H33N3O4/c1-32-23-11-10-19(16-24(23)33-2)22(29-18-20-8-3-4-9-21(20)26(29)31)17-25(30)27-12-7-15-28-13-5-6-14-28/h3-4,8-11,16,22H,5-7,12-15,17-18H2,1-2H3,(H,27,30). The molecule has 176 valence electrons. The molecular formula is C26H33N3O4. The number of amides is 2. The summed E-state index contributed by atoms with van der Waals surface area (Å²) in [6.07, 6.45) is 3.66. The van der Waals surface area contributed by atoms with Crippen molar-refractivity contribution < 1.29 is 19.1 Å². The Morgan fingerprint density at radius 3 is 2.55 bits per heavy atom. The lowest BCUT2D eigenvalue weighted by Gasteiger charge is -2.28. The zero-order valence-electron chi connectivity index (χ0n) is 19.5. The average Bonchev–Trinajstić information content (AvgIpc) is 3.48. The first kappa shape index (κ1) is 23.1. The molecule has 0 saturated carbocycles. The van der Waals surface area contributed by atoms with Gasteiger partial charge in [-0.15, -0.1) is 0 Å². The molecule has 1 fully saturated rings. The Morgan fingerprint density at radius 1 is 1.06 bits per heavy atom. The molecule has 2 amide bonds. The second-order valence-corrected chi connectivity index (χ2v) is 8.68. The lowest BCUT2D eigenvalue weighted by Crippen LogP contribution is -2.35. The first-order valence-corrected chi connectivity index (χ1v) is 11.7. The van der Waals surface area contributed by atoms with E-state index >= 15 is 0 Å². The Labute approximate surface area is 195 Å². The summed E-state index contributed by atoms with van der Waals surface area (Å²) >= 11 is 0. The normalized spacial score (nSPS) is 16.5. The average molecular weight is 452 g/mol. The van der Waals surface area contributed by atoms with Gasteiger partial charge in [0.1, 0.15) is 0 Å². The van der Waals surface area contributed by atoms with Crippen LogP contribution in [-0.4, -0.2) is 62.0 Å². The first-order valence-electron chi connectivity index (χ1n) is 11.7.